The maximum absolute atomic E-state index is 10.9. The molecular weight excluding hydrogens is 178 g/mol. The first-order chi connectivity index (χ1) is 5.72. The Morgan fingerprint density at radius 2 is 2.58 bits per heavy atom. The van der Waals surface area contributed by atoms with Gasteiger partial charge in [-0.1, -0.05) is 0 Å². The van der Waals surface area contributed by atoms with E-state index < -0.39 is 0 Å². The lowest BCUT2D eigenvalue weighted by Gasteiger charge is -2.07. The van der Waals surface area contributed by atoms with E-state index in [4.69, 9.17) is 4.74 Å². The second kappa shape index (κ2) is 4.35. The Bertz CT molecular complexity index is 195. The molecule has 0 saturated carbocycles. The molecular formula is C7H11NO3S. The van der Waals surface area contributed by atoms with Gasteiger partial charge < -0.3 is 10.1 Å². The van der Waals surface area contributed by atoms with Crippen LogP contribution in [0.3, 0.4) is 0 Å². The largest absolute Gasteiger partial charge is 0.466 e. The molecule has 1 amide bonds. The van der Waals surface area contributed by atoms with E-state index in [1.54, 1.807) is 6.92 Å². The summed E-state index contributed by atoms with van der Waals surface area (Å²) in [6.07, 6.45) is 0.268. The lowest BCUT2D eigenvalue weighted by atomic mass is 10.4. The van der Waals surface area contributed by atoms with E-state index in [0.29, 0.717) is 12.4 Å². The Labute approximate surface area is 75.0 Å². The van der Waals surface area contributed by atoms with Crippen molar-refractivity contribution in [2.75, 3.05) is 12.4 Å². The molecule has 1 atom stereocenters. The van der Waals surface area contributed by atoms with Crippen LogP contribution in [0.5, 0.6) is 0 Å². The third-order valence-corrected chi connectivity index (χ3v) is 2.51. The zero-order chi connectivity index (χ0) is 8.97. The highest BCUT2D eigenvalue weighted by atomic mass is 32.2. The Kier molecular flexibility index (Phi) is 3.40. The molecule has 68 valence electrons. The molecule has 1 rings (SSSR count). The maximum atomic E-state index is 10.9. The van der Waals surface area contributed by atoms with E-state index in [9.17, 15) is 9.59 Å². The number of ether oxygens (including phenoxy) is 1. The van der Waals surface area contributed by atoms with Crippen molar-refractivity contribution < 1.29 is 14.3 Å². The summed E-state index contributed by atoms with van der Waals surface area (Å²) in [5, 5.41) is 2.58. The van der Waals surface area contributed by atoms with E-state index in [1.165, 1.54) is 11.8 Å². The van der Waals surface area contributed by atoms with Crippen LogP contribution in [0.25, 0.3) is 0 Å². The van der Waals surface area contributed by atoms with Gasteiger partial charge in [-0.15, -0.1) is 11.8 Å². The number of esters is 1. The molecule has 0 aromatic carbocycles. The summed E-state index contributed by atoms with van der Waals surface area (Å²) in [6, 6.07) is 0. The highest BCUT2D eigenvalue weighted by molar-refractivity contribution is 8.01. The van der Waals surface area contributed by atoms with Crippen molar-refractivity contribution in [3.63, 3.8) is 0 Å². The van der Waals surface area contributed by atoms with Gasteiger partial charge in [-0.3, -0.25) is 9.59 Å². The quantitative estimate of drug-likeness (QED) is 0.641. The minimum Gasteiger partial charge on any atom is -0.466 e. The second-order valence-electron chi connectivity index (χ2n) is 2.38. The minimum atomic E-state index is -0.253. The van der Waals surface area contributed by atoms with Crippen molar-refractivity contribution >= 4 is 23.6 Å². The molecule has 1 fully saturated rings. The van der Waals surface area contributed by atoms with Crippen LogP contribution in [0.1, 0.15) is 13.3 Å². The average molecular weight is 189 g/mol. The lowest BCUT2D eigenvalue weighted by Crippen LogP contribution is -2.27. The molecule has 0 aromatic heterocycles. The summed E-state index contributed by atoms with van der Waals surface area (Å²) < 4.78 is 4.74. The highest BCUT2D eigenvalue weighted by Gasteiger charge is 2.23. The summed E-state index contributed by atoms with van der Waals surface area (Å²) in [5.41, 5.74) is 0. The fraction of sp³-hybridized carbons (Fsp3) is 0.714. The van der Waals surface area contributed by atoms with Crippen LogP contribution in [0.15, 0.2) is 0 Å². The third kappa shape index (κ3) is 2.73. The van der Waals surface area contributed by atoms with E-state index >= 15 is 0 Å². The first kappa shape index (κ1) is 9.38. The molecule has 1 N–H and O–H groups in total. The van der Waals surface area contributed by atoms with Crippen molar-refractivity contribution in [3.05, 3.63) is 0 Å². The number of hydrogen-bond acceptors (Lipinski definition) is 4. The van der Waals surface area contributed by atoms with Crippen molar-refractivity contribution in [2.24, 2.45) is 0 Å². The van der Waals surface area contributed by atoms with Gasteiger partial charge in [0.25, 0.3) is 0 Å². The molecule has 0 radical (unpaired) electrons. The number of rotatable bonds is 3. The molecule has 1 aliphatic heterocycles. The number of amides is 1. The minimum absolute atomic E-state index is 0.00528. The summed E-state index contributed by atoms with van der Waals surface area (Å²) in [7, 11) is 0. The van der Waals surface area contributed by atoms with Gasteiger partial charge in [0.05, 0.1) is 24.2 Å². The van der Waals surface area contributed by atoms with Crippen LogP contribution < -0.4 is 5.32 Å². The van der Waals surface area contributed by atoms with Crippen molar-refractivity contribution in [3.8, 4) is 0 Å². The van der Waals surface area contributed by atoms with Gasteiger partial charge in [-0.05, 0) is 6.92 Å². The summed E-state index contributed by atoms with van der Waals surface area (Å²) in [6.45, 7) is 2.16. The van der Waals surface area contributed by atoms with Crippen molar-refractivity contribution in [1.82, 2.24) is 5.32 Å². The van der Waals surface area contributed by atoms with Gasteiger partial charge in [0.1, 0.15) is 0 Å². The first-order valence-corrected chi connectivity index (χ1v) is 4.84. The molecule has 1 aliphatic rings. The highest BCUT2D eigenvalue weighted by Crippen LogP contribution is 2.17. The van der Waals surface area contributed by atoms with E-state index in [-0.39, 0.29) is 23.7 Å². The zero-order valence-electron chi connectivity index (χ0n) is 6.83. The predicted molar refractivity (Wildman–Crippen MR) is 45.6 cm³/mol. The standard InChI is InChI=1S/C7H11NO3S/c1-2-11-7(10)3-6-8-5(9)4-12-6/h6H,2-4H2,1H3,(H,8,9)/t6-/m0/s1. The lowest BCUT2D eigenvalue weighted by molar-refractivity contribution is -0.143. The van der Waals surface area contributed by atoms with E-state index in [1.807, 2.05) is 0 Å². The number of hydrogen-bond donors (Lipinski definition) is 1. The topological polar surface area (TPSA) is 55.4 Å². The molecule has 4 nitrogen and oxygen atoms in total. The second-order valence-corrected chi connectivity index (χ2v) is 3.57. The maximum Gasteiger partial charge on any atom is 0.308 e. The van der Waals surface area contributed by atoms with Crippen LogP contribution in [0.2, 0.25) is 0 Å². The smallest absolute Gasteiger partial charge is 0.308 e. The Morgan fingerprint density at radius 1 is 1.83 bits per heavy atom. The molecule has 1 saturated heterocycles. The summed E-state index contributed by atoms with van der Waals surface area (Å²) in [4.78, 5) is 21.6. The molecule has 0 unspecified atom stereocenters. The first-order valence-electron chi connectivity index (χ1n) is 3.79. The predicted octanol–water partition coefficient (Wildman–Crippen LogP) is 0.129. The Hall–Kier alpha value is -0.710. The average Bonchev–Trinajstić information content (AvgIpc) is 2.36. The summed E-state index contributed by atoms with van der Waals surface area (Å²) in [5.74, 6) is 0.191. The number of nitrogens with one attached hydrogen (secondary N) is 1. The molecule has 0 bridgehead atoms. The van der Waals surface area contributed by atoms with Gasteiger partial charge >= 0.3 is 5.97 Å². The third-order valence-electron chi connectivity index (χ3n) is 1.39. The molecule has 0 aliphatic carbocycles. The van der Waals surface area contributed by atoms with Crippen LogP contribution in [0, 0.1) is 0 Å². The van der Waals surface area contributed by atoms with Gasteiger partial charge in [-0.2, -0.15) is 0 Å². The van der Waals surface area contributed by atoms with Crippen LogP contribution in [-0.4, -0.2) is 29.6 Å². The van der Waals surface area contributed by atoms with Crippen molar-refractivity contribution in [1.29, 1.82) is 0 Å². The molecule has 12 heavy (non-hydrogen) atoms. The van der Waals surface area contributed by atoms with Crippen LogP contribution >= 0.6 is 11.8 Å². The van der Waals surface area contributed by atoms with Crippen LogP contribution in [-0.2, 0) is 14.3 Å². The van der Waals surface area contributed by atoms with Gasteiger partial charge in [0, 0.05) is 0 Å². The normalized spacial score (nSPS) is 22.1. The van der Waals surface area contributed by atoms with Gasteiger partial charge in [0.15, 0.2) is 0 Å². The van der Waals surface area contributed by atoms with Gasteiger partial charge in [-0.25, -0.2) is 0 Å². The molecule has 0 aromatic rings. The zero-order valence-corrected chi connectivity index (χ0v) is 7.65. The Balaban J connectivity index is 2.23. The fourth-order valence-electron chi connectivity index (χ4n) is 0.920. The van der Waals surface area contributed by atoms with E-state index in [2.05, 4.69) is 5.32 Å². The van der Waals surface area contributed by atoms with E-state index in [0.717, 1.165) is 0 Å². The fourth-order valence-corrected chi connectivity index (χ4v) is 1.83. The monoisotopic (exact) mass is 189 g/mol. The number of carbonyl (C=O) groups excluding carboxylic acids is 2. The number of carbonyl (C=O) groups is 2. The molecule has 5 heteroatoms. The molecule has 0 spiro atoms. The SMILES string of the molecule is CCOC(=O)C[C@H]1NC(=O)CS1. The molecule has 1 heterocycles. The Morgan fingerprint density at radius 3 is 3.08 bits per heavy atom. The van der Waals surface area contributed by atoms with Crippen LogP contribution in [0.4, 0.5) is 0 Å². The number of thioether (sulfide) groups is 1. The summed E-state index contributed by atoms with van der Waals surface area (Å²) >= 11 is 1.44. The van der Waals surface area contributed by atoms with Gasteiger partial charge in [0.2, 0.25) is 5.91 Å². The van der Waals surface area contributed by atoms with Crippen molar-refractivity contribution in [2.45, 2.75) is 18.7 Å².